The van der Waals surface area contributed by atoms with Crippen molar-refractivity contribution >= 4 is 0 Å². The summed E-state index contributed by atoms with van der Waals surface area (Å²) in [5, 5.41) is 30.3. The first kappa shape index (κ1) is 17.9. The van der Waals surface area contributed by atoms with E-state index in [-0.39, 0.29) is 17.2 Å². The summed E-state index contributed by atoms with van der Waals surface area (Å²) in [6, 6.07) is 14.6. The summed E-state index contributed by atoms with van der Waals surface area (Å²) in [4.78, 5) is 0. The van der Waals surface area contributed by atoms with Crippen LogP contribution in [0.3, 0.4) is 0 Å². The van der Waals surface area contributed by atoms with E-state index in [1.807, 2.05) is 45.0 Å². The summed E-state index contributed by atoms with van der Waals surface area (Å²) < 4.78 is 0. The average molecular weight is 348 g/mol. The molecule has 134 valence electrons. The molecule has 3 rings (SSSR count). The minimum atomic E-state index is 0.230. The first-order valence-corrected chi connectivity index (χ1v) is 8.72. The van der Waals surface area contributed by atoms with Gasteiger partial charge in [-0.05, 0) is 78.4 Å². The van der Waals surface area contributed by atoms with Crippen molar-refractivity contribution in [2.45, 2.75) is 33.6 Å². The van der Waals surface area contributed by atoms with Gasteiger partial charge in [-0.3, -0.25) is 0 Å². The second-order valence-corrected chi connectivity index (χ2v) is 7.01. The lowest BCUT2D eigenvalue weighted by Gasteiger charge is -2.14. The third kappa shape index (κ3) is 3.83. The molecule has 3 heteroatoms. The number of rotatable bonds is 4. The molecule has 0 bridgehead atoms. The van der Waals surface area contributed by atoms with Crippen LogP contribution in [0.25, 0.3) is 0 Å². The van der Waals surface area contributed by atoms with Crippen molar-refractivity contribution in [1.82, 2.24) is 0 Å². The molecular formula is C23H24O3. The maximum Gasteiger partial charge on any atom is 0.122 e. The molecule has 0 aliphatic heterocycles. The van der Waals surface area contributed by atoms with E-state index in [9.17, 15) is 15.3 Å². The van der Waals surface area contributed by atoms with Gasteiger partial charge in [0, 0.05) is 12.8 Å². The van der Waals surface area contributed by atoms with Gasteiger partial charge in [-0.1, -0.05) is 29.8 Å². The van der Waals surface area contributed by atoms with Crippen LogP contribution in [0.15, 0.2) is 48.5 Å². The molecule has 0 amide bonds. The maximum atomic E-state index is 10.8. The van der Waals surface area contributed by atoms with Crippen molar-refractivity contribution in [3.8, 4) is 17.2 Å². The van der Waals surface area contributed by atoms with Crippen LogP contribution < -0.4 is 0 Å². The smallest absolute Gasteiger partial charge is 0.122 e. The second kappa shape index (κ2) is 7.12. The van der Waals surface area contributed by atoms with Crippen molar-refractivity contribution in [3.63, 3.8) is 0 Å². The Kier molecular flexibility index (Phi) is 4.90. The number of hydrogen-bond donors (Lipinski definition) is 3. The third-order valence-electron chi connectivity index (χ3n) is 4.84. The third-order valence-corrected chi connectivity index (χ3v) is 4.84. The lowest BCUT2D eigenvalue weighted by atomic mass is 9.93. The molecule has 0 radical (unpaired) electrons. The van der Waals surface area contributed by atoms with Crippen LogP contribution in [0.5, 0.6) is 17.2 Å². The number of hydrogen-bond acceptors (Lipinski definition) is 3. The van der Waals surface area contributed by atoms with E-state index in [4.69, 9.17) is 0 Å². The Labute approximate surface area is 154 Å². The standard InChI is InChI=1S/C23H24O3/c1-14-8-19(10-17-12-21(24)6-4-15(17)2)23(26)20(9-14)11-18-13-22(25)7-5-16(18)3/h4-9,12-13,24-26H,10-11H2,1-3H3. The van der Waals surface area contributed by atoms with E-state index in [0.717, 1.165) is 38.9 Å². The molecule has 26 heavy (non-hydrogen) atoms. The molecule has 3 aromatic rings. The molecule has 3 aromatic carbocycles. The zero-order valence-corrected chi connectivity index (χ0v) is 15.4. The minimum absolute atomic E-state index is 0.230. The quantitative estimate of drug-likeness (QED) is 0.628. The molecule has 0 aliphatic rings. The highest BCUT2D eigenvalue weighted by Crippen LogP contribution is 2.31. The molecule has 0 fully saturated rings. The first-order chi connectivity index (χ1) is 12.3. The largest absolute Gasteiger partial charge is 0.508 e. The highest BCUT2D eigenvalue weighted by atomic mass is 16.3. The van der Waals surface area contributed by atoms with Gasteiger partial charge in [-0.2, -0.15) is 0 Å². The summed E-state index contributed by atoms with van der Waals surface area (Å²) in [6.45, 7) is 6.01. The van der Waals surface area contributed by atoms with Crippen LogP contribution in [0.1, 0.15) is 38.9 Å². The van der Waals surface area contributed by atoms with Crippen LogP contribution >= 0.6 is 0 Å². The van der Waals surface area contributed by atoms with Gasteiger partial charge < -0.3 is 15.3 Å². The molecule has 3 nitrogen and oxygen atoms in total. The van der Waals surface area contributed by atoms with Gasteiger partial charge in [-0.25, -0.2) is 0 Å². The van der Waals surface area contributed by atoms with E-state index in [2.05, 4.69) is 0 Å². The molecule has 0 saturated heterocycles. The highest BCUT2D eigenvalue weighted by Gasteiger charge is 2.13. The zero-order chi connectivity index (χ0) is 18.8. The fourth-order valence-electron chi connectivity index (χ4n) is 3.31. The van der Waals surface area contributed by atoms with Gasteiger partial charge in [-0.15, -0.1) is 0 Å². The lowest BCUT2D eigenvalue weighted by Crippen LogP contribution is -1.98. The molecule has 0 aliphatic carbocycles. The van der Waals surface area contributed by atoms with Crippen LogP contribution in [0.4, 0.5) is 0 Å². The molecule has 0 saturated carbocycles. The second-order valence-electron chi connectivity index (χ2n) is 7.01. The summed E-state index contributed by atoms with van der Waals surface area (Å²) in [5.41, 5.74) is 6.89. The molecule has 0 atom stereocenters. The molecule has 3 N–H and O–H groups in total. The summed E-state index contributed by atoms with van der Waals surface area (Å²) >= 11 is 0. The van der Waals surface area contributed by atoms with Crippen LogP contribution in [-0.4, -0.2) is 15.3 Å². The van der Waals surface area contributed by atoms with Crippen molar-refractivity contribution < 1.29 is 15.3 Å². The van der Waals surface area contributed by atoms with Gasteiger partial charge in [0.25, 0.3) is 0 Å². The van der Waals surface area contributed by atoms with Crippen LogP contribution in [0, 0.1) is 20.8 Å². The zero-order valence-electron chi connectivity index (χ0n) is 15.4. The number of aryl methyl sites for hydroxylation is 3. The normalized spacial score (nSPS) is 10.9. The lowest BCUT2D eigenvalue weighted by molar-refractivity contribution is 0.462. The fraction of sp³-hybridized carbons (Fsp3) is 0.217. The number of phenols is 3. The van der Waals surface area contributed by atoms with Crippen molar-refractivity contribution in [1.29, 1.82) is 0 Å². The number of benzene rings is 3. The van der Waals surface area contributed by atoms with Gasteiger partial charge >= 0.3 is 0 Å². The highest BCUT2D eigenvalue weighted by molar-refractivity contribution is 5.50. The van der Waals surface area contributed by atoms with E-state index < -0.39 is 0 Å². The molecule has 0 aromatic heterocycles. The van der Waals surface area contributed by atoms with Gasteiger partial charge in [0.05, 0.1) is 0 Å². The van der Waals surface area contributed by atoms with Gasteiger partial charge in [0.2, 0.25) is 0 Å². The summed E-state index contributed by atoms with van der Waals surface area (Å²) in [6.07, 6.45) is 1.11. The topological polar surface area (TPSA) is 60.7 Å². The van der Waals surface area contributed by atoms with E-state index in [0.29, 0.717) is 12.8 Å². The van der Waals surface area contributed by atoms with E-state index in [1.165, 1.54) is 0 Å². The minimum Gasteiger partial charge on any atom is -0.508 e. The SMILES string of the molecule is Cc1cc(Cc2cc(O)ccc2C)c(O)c(Cc2cc(O)ccc2C)c1. The van der Waals surface area contributed by atoms with Crippen molar-refractivity contribution in [2.24, 2.45) is 0 Å². The maximum absolute atomic E-state index is 10.8. The fourth-order valence-corrected chi connectivity index (χ4v) is 3.31. The predicted molar refractivity (Wildman–Crippen MR) is 104 cm³/mol. The average Bonchev–Trinajstić information content (AvgIpc) is 2.58. The Morgan fingerprint density at radius 1 is 0.577 bits per heavy atom. The predicted octanol–water partition coefficient (Wildman–Crippen LogP) is 4.91. The Bertz CT molecular complexity index is 883. The van der Waals surface area contributed by atoms with Crippen LogP contribution in [0.2, 0.25) is 0 Å². The Morgan fingerprint density at radius 2 is 1.00 bits per heavy atom. The molecular weight excluding hydrogens is 324 g/mol. The molecule has 0 unspecified atom stereocenters. The Morgan fingerprint density at radius 3 is 1.42 bits per heavy atom. The number of aromatic hydroxyl groups is 3. The molecule has 0 heterocycles. The summed E-state index contributed by atoms with van der Waals surface area (Å²) in [7, 11) is 0. The van der Waals surface area contributed by atoms with Crippen molar-refractivity contribution in [3.05, 3.63) is 87.5 Å². The van der Waals surface area contributed by atoms with Gasteiger partial charge in [0.15, 0.2) is 0 Å². The van der Waals surface area contributed by atoms with Crippen molar-refractivity contribution in [2.75, 3.05) is 0 Å². The Hall–Kier alpha value is -2.94. The van der Waals surface area contributed by atoms with Crippen LogP contribution in [-0.2, 0) is 12.8 Å². The Balaban J connectivity index is 1.98. The van der Waals surface area contributed by atoms with Gasteiger partial charge in [0.1, 0.15) is 17.2 Å². The summed E-state index contributed by atoms with van der Waals surface area (Å²) in [5.74, 6) is 0.739. The van der Waals surface area contributed by atoms with E-state index >= 15 is 0 Å². The molecule has 0 spiro atoms. The van der Waals surface area contributed by atoms with E-state index in [1.54, 1.807) is 24.3 Å². The monoisotopic (exact) mass is 348 g/mol. The number of phenolic OH excluding ortho intramolecular Hbond substituents is 3. The first-order valence-electron chi connectivity index (χ1n) is 8.72.